The number of rotatable bonds is 7. The van der Waals surface area contributed by atoms with E-state index in [-0.39, 0.29) is 0 Å². The van der Waals surface area contributed by atoms with Gasteiger partial charge in [0, 0.05) is 25.2 Å². The van der Waals surface area contributed by atoms with E-state index in [0.717, 1.165) is 24.4 Å². The summed E-state index contributed by atoms with van der Waals surface area (Å²) in [6, 6.07) is 1.61. The molecular weight excluding hydrogens is 244 g/mol. The average Bonchev–Trinajstić information content (AvgIpc) is 3.16. The molecule has 0 bridgehead atoms. The van der Waals surface area contributed by atoms with E-state index >= 15 is 0 Å². The zero-order chi connectivity index (χ0) is 14.8. The summed E-state index contributed by atoms with van der Waals surface area (Å²) in [5.41, 5.74) is 0.464. The lowest BCUT2D eigenvalue weighted by Gasteiger charge is -2.46. The van der Waals surface area contributed by atoms with Crippen molar-refractivity contribution >= 4 is 0 Å². The topological polar surface area (TPSA) is 15.3 Å². The highest BCUT2D eigenvalue weighted by molar-refractivity contribution is 4.96. The first-order chi connectivity index (χ1) is 9.44. The van der Waals surface area contributed by atoms with Crippen LogP contribution in [0.2, 0.25) is 0 Å². The van der Waals surface area contributed by atoms with Crippen molar-refractivity contribution in [3.8, 4) is 0 Å². The Balaban J connectivity index is 2.00. The predicted octanol–water partition coefficient (Wildman–Crippen LogP) is 3.91. The highest BCUT2D eigenvalue weighted by atomic mass is 15.2. The molecular formula is C18H36N2. The molecule has 2 saturated carbocycles. The molecule has 2 atom stereocenters. The van der Waals surface area contributed by atoms with E-state index in [2.05, 4.69) is 44.8 Å². The van der Waals surface area contributed by atoms with E-state index in [1.54, 1.807) is 0 Å². The van der Waals surface area contributed by atoms with E-state index < -0.39 is 0 Å². The summed E-state index contributed by atoms with van der Waals surface area (Å²) in [4.78, 5) is 2.81. The molecule has 2 aliphatic rings. The van der Waals surface area contributed by atoms with Gasteiger partial charge in [-0.25, -0.2) is 0 Å². The van der Waals surface area contributed by atoms with Crippen molar-refractivity contribution in [2.24, 2.45) is 17.3 Å². The standard InChI is InChI=1S/C18H36N2/c1-6-19-17-15(8-7-11-18(17,4)5)13-20(12-14(2)3)16-9-10-16/h14-17,19H,6-13H2,1-5H3. The fourth-order valence-electron chi connectivity index (χ4n) is 4.22. The molecule has 2 rings (SSSR count). The second-order valence-electron chi connectivity index (χ2n) is 8.26. The third kappa shape index (κ3) is 4.21. The first kappa shape index (κ1) is 16.3. The summed E-state index contributed by atoms with van der Waals surface area (Å²) in [6.45, 7) is 15.6. The fourth-order valence-corrected chi connectivity index (χ4v) is 4.22. The highest BCUT2D eigenvalue weighted by Crippen LogP contribution is 2.40. The van der Waals surface area contributed by atoms with Gasteiger partial charge in [0.25, 0.3) is 0 Å². The fraction of sp³-hybridized carbons (Fsp3) is 1.00. The van der Waals surface area contributed by atoms with Crippen LogP contribution in [0.1, 0.15) is 66.7 Å². The summed E-state index contributed by atoms with van der Waals surface area (Å²) in [7, 11) is 0. The van der Waals surface area contributed by atoms with Crippen molar-refractivity contribution in [2.75, 3.05) is 19.6 Å². The molecule has 20 heavy (non-hydrogen) atoms. The third-order valence-corrected chi connectivity index (χ3v) is 5.27. The summed E-state index contributed by atoms with van der Waals surface area (Å²) >= 11 is 0. The first-order valence-corrected chi connectivity index (χ1v) is 8.91. The Kier molecular flexibility index (Phi) is 5.53. The molecule has 0 aromatic carbocycles. The second kappa shape index (κ2) is 6.79. The number of nitrogens with one attached hydrogen (secondary N) is 1. The van der Waals surface area contributed by atoms with Crippen LogP contribution in [0.4, 0.5) is 0 Å². The largest absolute Gasteiger partial charge is 0.313 e. The Labute approximate surface area is 126 Å². The van der Waals surface area contributed by atoms with Crippen LogP contribution in [0, 0.1) is 17.3 Å². The second-order valence-corrected chi connectivity index (χ2v) is 8.26. The number of hydrogen-bond acceptors (Lipinski definition) is 2. The summed E-state index contributed by atoms with van der Waals surface area (Å²) in [5.74, 6) is 1.64. The average molecular weight is 280 g/mol. The Morgan fingerprint density at radius 1 is 1.20 bits per heavy atom. The molecule has 0 aromatic heterocycles. The molecule has 2 aliphatic carbocycles. The van der Waals surface area contributed by atoms with Gasteiger partial charge in [0.2, 0.25) is 0 Å². The van der Waals surface area contributed by atoms with Gasteiger partial charge in [-0.3, -0.25) is 4.90 Å². The van der Waals surface area contributed by atoms with E-state index in [4.69, 9.17) is 0 Å². The molecule has 0 aliphatic heterocycles. The maximum Gasteiger partial charge on any atom is 0.0159 e. The smallest absolute Gasteiger partial charge is 0.0159 e. The lowest BCUT2D eigenvalue weighted by atomic mass is 9.67. The Morgan fingerprint density at radius 2 is 1.90 bits per heavy atom. The molecule has 0 radical (unpaired) electrons. The van der Waals surface area contributed by atoms with E-state index in [0.29, 0.717) is 11.5 Å². The Hall–Kier alpha value is -0.0800. The predicted molar refractivity (Wildman–Crippen MR) is 88.0 cm³/mol. The first-order valence-electron chi connectivity index (χ1n) is 8.91. The van der Waals surface area contributed by atoms with Gasteiger partial charge < -0.3 is 5.32 Å². The van der Waals surface area contributed by atoms with Crippen LogP contribution in [0.5, 0.6) is 0 Å². The summed E-state index contributed by atoms with van der Waals surface area (Å²) in [5, 5.41) is 3.82. The maximum absolute atomic E-state index is 3.82. The zero-order valence-corrected chi connectivity index (χ0v) is 14.4. The van der Waals surface area contributed by atoms with Crippen LogP contribution in [-0.2, 0) is 0 Å². The third-order valence-electron chi connectivity index (χ3n) is 5.27. The van der Waals surface area contributed by atoms with Crippen LogP contribution >= 0.6 is 0 Å². The summed E-state index contributed by atoms with van der Waals surface area (Å²) < 4.78 is 0. The quantitative estimate of drug-likeness (QED) is 0.760. The molecule has 1 N–H and O–H groups in total. The number of hydrogen-bond donors (Lipinski definition) is 1. The summed E-state index contributed by atoms with van der Waals surface area (Å²) in [6.07, 6.45) is 7.10. The minimum absolute atomic E-state index is 0.464. The minimum atomic E-state index is 0.464. The van der Waals surface area contributed by atoms with Gasteiger partial charge >= 0.3 is 0 Å². The monoisotopic (exact) mass is 280 g/mol. The molecule has 0 amide bonds. The molecule has 2 unspecified atom stereocenters. The van der Waals surface area contributed by atoms with Crippen LogP contribution in [0.3, 0.4) is 0 Å². The van der Waals surface area contributed by atoms with Gasteiger partial charge in [-0.1, -0.05) is 41.0 Å². The highest BCUT2D eigenvalue weighted by Gasteiger charge is 2.40. The van der Waals surface area contributed by atoms with Gasteiger partial charge in [-0.2, -0.15) is 0 Å². The van der Waals surface area contributed by atoms with Crippen LogP contribution < -0.4 is 5.32 Å². The van der Waals surface area contributed by atoms with Crippen LogP contribution in [0.25, 0.3) is 0 Å². The van der Waals surface area contributed by atoms with Gasteiger partial charge in [0.05, 0.1) is 0 Å². The lowest BCUT2D eigenvalue weighted by Crippen LogP contribution is -2.53. The van der Waals surface area contributed by atoms with Gasteiger partial charge in [0.1, 0.15) is 0 Å². The minimum Gasteiger partial charge on any atom is -0.313 e. The van der Waals surface area contributed by atoms with Gasteiger partial charge in [-0.15, -0.1) is 0 Å². The maximum atomic E-state index is 3.82. The molecule has 0 heterocycles. The van der Waals surface area contributed by atoms with Crippen LogP contribution in [0.15, 0.2) is 0 Å². The SMILES string of the molecule is CCNC1C(CN(CC(C)C)C2CC2)CCCC1(C)C. The van der Waals surface area contributed by atoms with Crippen molar-refractivity contribution in [3.63, 3.8) is 0 Å². The molecule has 0 saturated heterocycles. The van der Waals surface area contributed by atoms with E-state index in [1.165, 1.54) is 45.2 Å². The molecule has 2 nitrogen and oxygen atoms in total. The van der Waals surface area contributed by atoms with Crippen molar-refractivity contribution in [1.29, 1.82) is 0 Å². The van der Waals surface area contributed by atoms with E-state index in [1.807, 2.05) is 0 Å². The Bertz CT molecular complexity index is 294. The molecule has 0 aromatic rings. The van der Waals surface area contributed by atoms with Crippen molar-refractivity contribution in [2.45, 2.75) is 78.8 Å². The molecule has 2 fully saturated rings. The number of nitrogens with zero attached hydrogens (tertiary/aromatic N) is 1. The molecule has 118 valence electrons. The van der Waals surface area contributed by atoms with Gasteiger partial charge in [-0.05, 0) is 49.5 Å². The van der Waals surface area contributed by atoms with Crippen molar-refractivity contribution in [1.82, 2.24) is 10.2 Å². The van der Waals surface area contributed by atoms with Gasteiger partial charge in [0.15, 0.2) is 0 Å². The van der Waals surface area contributed by atoms with Crippen LogP contribution in [-0.4, -0.2) is 36.6 Å². The van der Waals surface area contributed by atoms with Crippen molar-refractivity contribution < 1.29 is 0 Å². The molecule has 0 spiro atoms. The Morgan fingerprint density at radius 3 is 2.45 bits per heavy atom. The van der Waals surface area contributed by atoms with E-state index in [9.17, 15) is 0 Å². The lowest BCUT2D eigenvalue weighted by molar-refractivity contribution is 0.0735. The molecule has 2 heteroatoms. The van der Waals surface area contributed by atoms with Crippen molar-refractivity contribution in [3.05, 3.63) is 0 Å². The zero-order valence-electron chi connectivity index (χ0n) is 14.4. The normalized spacial score (nSPS) is 30.1.